The molecule has 0 saturated carbocycles. The van der Waals surface area contributed by atoms with Crippen LogP contribution in [0.25, 0.3) is 0 Å². The molecule has 0 saturated heterocycles. The Morgan fingerprint density at radius 2 is 1.89 bits per heavy atom. The number of hydrogen-bond acceptors (Lipinski definition) is 2. The molecule has 6 heteroatoms. The second kappa shape index (κ2) is 5.87. The van der Waals surface area contributed by atoms with Gasteiger partial charge in [-0.25, -0.2) is 0 Å². The van der Waals surface area contributed by atoms with Crippen molar-refractivity contribution in [3.05, 3.63) is 51.2 Å². The zero-order chi connectivity index (χ0) is 14.0. The van der Waals surface area contributed by atoms with Crippen LogP contribution in [0.2, 0.25) is 15.1 Å². The van der Waals surface area contributed by atoms with E-state index in [1.165, 1.54) is 12.1 Å². The third kappa shape index (κ3) is 3.44. The SMILES string of the molecule is Cn1ccc(C(=O)COc2cc(Cl)c(Cl)cc2Cl)c1. The van der Waals surface area contributed by atoms with Gasteiger partial charge in [-0.2, -0.15) is 0 Å². The Morgan fingerprint density at radius 1 is 1.21 bits per heavy atom. The summed E-state index contributed by atoms with van der Waals surface area (Å²) in [5.74, 6) is 0.197. The number of halogens is 3. The van der Waals surface area contributed by atoms with Crippen molar-refractivity contribution in [2.75, 3.05) is 6.61 Å². The predicted octanol–water partition coefficient (Wildman–Crippen LogP) is 4.25. The summed E-state index contributed by atoms with van der Waals surface area (Å²) < 4.78 is 7.16. The van der Waals surface area contributed by atoms with Crippen molar-refractivity contribution < 1.29 is 9.53 Å². The molecule has 0 N–H and O–H groups in total. The summed E-state index contributed by atoms with van der Waals surface area (Å²) in [4.78, 5) is 11.9. The van der Waals surface area contributed by atoms with Gasteiger partial charge in [-0.1, -0.05) is 34.8 Å². The van der Waals surface area contributed by atoms with Crippen molar-refractivity contribution in [3.63, 3.8) is 0 Å². The molecule has 0 unspecified atom stereocenters. The number of nitrogens with zero attached hydrogens (tertiary/aromatic N) is 1. The highest BCUT2D eigenvalue weighted by molar-refractivity contribution is 6.43. The molecule has 2 rings (SSSR count). The Labute approximate surface area is 125 Å². The third-order valence-electron chi connectivity index (χ3n) is 2.49. The molecule has 1 aromatic heterocycles. The number of carbonyl (C=O) groups is 1. The van der Waals surface area contributed by atoms with Crippen molar-refractivity contribution in [2.24, 2.45) is 7.05 Å². The van der Waals surface area contributed by atoms with Crippen LogP contribution in [0, 0.1) is 0 Å². The van der Waals surface area contributed by atoms with Gasteiger partial charge >= 0.3 is 0 Å². The molecular weight excluding hydrogens is 309 g/mol. The van der Waals surface area contributed by atoms with Crippen LogP contribution in [0.4, 0.5) is 0 Å². The normalized spacial score (nSPS) is 10.5. The van der Waals surface area contributed by atoms with E-state index in [1.807, 2.05) is 7.05 Å². The van der Waals surface area contributed by atoms with Crippen molar-refractivity contribution in [1.82, 2.24) is 4.57 Å². The van der Waals surface area contributed by atoms with E-state index in [1.54, 1.807) is 23.0 Å². The average molecular weight is 319 g/mol. The molecule has 1 heterocycles. The van der Waals surface area contributed by atoms with Crippen LogP contribution in [-0.2, 0) is 7.05 Å². The maximum atomic E-state index is 11.9. The summed E-state index contributed by atoms with van der Waals surface area (Å²) in [6.45, 7) is -0.109. The summed E-state index contributed by atoms with van der Waals surface area (Å²) >= 11 is 17.6. The lowest BCUT2D eigenvalue weighted by Crippen LogP contribution is -2.11. The minimum atomic E-state index is -0.136. The fourth-order valence-electron chi connectivity index (χ4n) is 1.51. The summed E-state index contributed by atoms with van der Waals surface area (Å²) in [5.41, 5.74) is 0.582. The molecule has 0 bridgehead atoms. The van der Waals surface area contributed by atoms with Gasteiger partial charge in [-0.3, -0.25) is 4.79 Å². The lowest BCUT2D eigenvalue weighted by molar-refractivity contribution is 0.0921. The van der Waals surface area contributed by atoms with E-state index in [4.69, 9.17) is 39.5 Å². The van der Waals surface area contributed by atoms with Crippen molar-refractivity contribution in [1.29, 1.82) is 0 Å². The van der Waals surface area contributed by atoms with E-state index in [9.17, 15) is 4.79 Å². The number of Topliss-reactive ketones (excluding diaryl/α,β-unsaturated/α-hetero) is 1. The molecule has 19 heavy (non-hydrogen) atoms. The number of benzene rings is 1. The Kier molecular flexibility index (Phi) is 4.40. The maximum Gasteiger partial charge on any atom is 0.201 e. The number of ketones is 1. The van der Waals surface area contributed by atoms with Crippen LogP contribution in [0.5, 0.6) is 5.75 Å². The van der Waals surface area contributed by atoms with E-state index in [-0.39, 0.29) is 12.4 Å². The second-order valence-electron chi connectivity index (χ2n) is 3.97. The summed E-state index contributed by atoms with van der Waals surface area (Å²) in [7, 11) is 1.84. The Balaban J connectivity index is 2.07. The molecule has 0 aliphatic heterocycles. The monoisotopic (exact) mass is 317 g/mol. The van der Waals surface area contributed by atoms with Gasteiger partial charge < -0.3 is 9.30 Å². The smallest absolute Gasteiger partial charge is 0.201 e. The molecule has 0 radical (unpaired) electrons. The lowest BCUT2D eigenvalue weighted by atomic mass is 10.2. The number of carbonyl (C=O) groups excluding carboxylic acids is 1. The lowest BCUT2D eigenvalue weighted by Gasteiger charge is -2.08. The highest BCUT2D eigenvalue weighted by Crippen LogP contribution is 2.33. The average Bonchev–Trinajstić information content (AvgIpc) is 2.78. The highest BCUT2D eigenvalue weighted by atomic mass is 35.5. The fraction of sp³-hybridized carbons (Fsp3) is 0.154. The molecule has 1 aromatic carbocycles. The molecule has 0 atom stereocenters. The molecule has 0 spiro atoms. The molecule has 0 fully saturated rings. The van der Waals surface area contributed by atoms with Gasteiger partial charge in [0.2, 0.25) is 5.78 Å². The summed E-state index contributed by atoms with van der Waals surface area (Å²) in [6, 6.07) is 4.69. The first-order valence-electron chi connectivity index (χ1n) is 5.40. The quantitative estimate of drug-likeness (QED) is 0.623. The Morgan fingerprint density at radius 3 is 2.53 bits per heavy atom. The van der Waals surface area contributed by atoms with Gasteiger partial charge in [-0.05, 0) is 12.1 Å². The van der Waals surface area contributed by atoms with Gasteiger partial charge in [0, 0.05) is 31.1 Å². The Hall–Kier alpha value is -1.16. The van der Waals surface area contributed by atoms with E-state index in [0.29, 0.717) is 26.4 Å². The van der Waals surface area contributed by atoms with Crippen molar-refractivity contribution in [2.45, 2.75) is 0 Å². The number of ether oxygens (including phenoxy) is 1. The topological polar surface area (TPSA) is 31.2 Å². The van der Waals surface area contributed by atoms with Gasteiger partial charge in [0.1, 0.15) is 5.75 Å². The molecular formula is C13H10Cl3NO2. The first kappa shape index (κ1) is 14.3. The zero-order valence-corrected chi connectivity index (χ0v) is 12.3. The van der Waals surface area contributed by atoms with Crippen LogP contribution in [0.15, 0.2) is 30.6 Å². The van der Waals surface area contributed by atoms with E-state index in [0.717, 1.165) is 0 Å². The largest absolute Gasteiger partial charge is 0.484 e. The van der Waals surface area contributed by atoms with Crippen molar-refractivity contribution >= 4 is 40.6 Å². The van der Waals surface area contributed by atoms with Gasteiger partial charge in [0.15, 0.2) is 6.61 Å². The molecule has 0 aliphatic rings. The van der Waals surface area contributed by atoms with Crippen LogP contribution in [0.1, 0.15) is 10.4 Å². The van der Waals surface area contributed by atoms with E-state index < -0.39 is 0 Å². The molecule has 100 valence electrons. The summed E-state index contributed by atoms with van der Waals surface area (Å²) in [6.07, 6.45) is 3.52. The highest BCUT2D eigenvalue weighted by Gasteiger charge is 2.11. The zero-order valence-electron chi connectivity index (χ0n) is 9.99. The predicted molar refractivity (Wildman–Crippen MR) is 76.7 cm³/mol. The van der Waals surface area contributed by atoms with E-state index >= 15 is 0 Å². The van der Waals surface area contributed by atoms with Crippen LogP contribution < -0.4 is 4.74 Å². The number of aromatic nitrogens is 1. The van der Waals surface area contributed by atoms with Crippen LogP contribution in [-0.4, -0.2) is 17.0 Å². The minimum Gasteiger partial charge on any atom is -0.484 e. The fourth-order valence-corrected chi connectivity index (χ4v) is 2.10. The maximum absolute atomic E-state index is 11.9. The van der Waals surface area contributed by atoms with Gasteiger partial charge in [-0.15, -0.1) is 0 Å². The van der Waals surface area contributed by atoms with Gasteiger partial charge in [0.05, 0.1) is 15.1 Å². The third-order valence-corrected chi connectivity index (χ3v) is 3.51. The summed E-state index contributed by atoms with van der Waals surface area (Å²) in [5, 5.41) is 0.983. The molecule has 0 aliphatic carbocycles. The van der Waals surface area contributed by atoms with Gasteiger partial charge in [0.25, 0.3) is 0 Å². The number of hydrogen-bond donors (Lipinski definition) is 0. The number of rotatable bonds is 4. The van der Waals surface area contributed by atoms with Crippen LogP contribution in [0.3, 0.4) is 0 Å². The van der Waals surface area contributed by atoms with Crippen molar-refractivity contribution in [3.8, 4) is 5.75 Å². The van der Waals surface area contributed by atoms with Crippen LogP contribution >= 0.6 is 34.8 Å². The minimum absolute atomic E-state index is 0.109. The molecule has 0 amide bonds. The first-order valence-corrected chi connectivity index (χ1v) is 6.53. The standard InChI is InChI=1S/C13H10Cl3NO2/c1-17-3-2-8(6-17)12(18)7-19-13-5-10(15)9(14)4-11(13)16/h2-6H,7H2,1H3. The molecule has 2 aromatic rings. The number of aryl methyl sites for hydroxylation is 1. The van der Waals surface area contributed by atoms with E-state index in [2.05, 4.69) is 0 Å². The molecule has 3 nitrogen and oxygen atoms in total. The Bertz CT molecular complexity index is 622. The second-order valence-corrected chi connectivity index (χ2v) is 5.20. The first-order chi connectivity index (χ1) is 8.97.